The first kappa shape index (κ1) is 17.3. The van der Waals surface area contributed by atoms with Gasteiger partial charge in [-0.25, -0.2) is 4.79 Å². The molecule has 0 unspecified atom stereocenters. The summed E-state index contributed by atoms with van der Waals surface area (Å²) in [6.45, 7) is 2.26. The van der Waals surface area contributed by atoms with Crippen molar-refractivity contribution in [1.29, 1.82) is 0 Å². The summed E-state index contributed by atoms with van der Waals surface area (Å²) in [5, 5.41) is 3.43. The van der Waals surface area contributed by atoms with E-state index in [-0.39, 0.29) is 11.9 Å². The molecule has 25 heavy (non-hydrogen) atoms. The molecule has 0 atom stereocenters. The quantitative estimate of drug-likeness (QED) is 0.890. The van der Waals surface area contributed by atoms with Gasteiger partial charge in [0.25, 0.3) is 5.91 Å². The molecule has 0 aliphatic carbocycles. The molecule has 0 saturated carbocycles. The lowest BCUT2D eigenvalue weighted by Crippen LogP contribution is -2.39. The summed E-state index contributed by atoms with van der Waals surface area (Å²) >= 11 is 5.97. The van der Waals surface area contributed by atoms with Crippen LogP contribution in [-0.4, -0.2) is 47.9 Å². The predicted molar refractivity (Wildman–Crippen MR) is 99.0 cm³/mol. The second-order valence-electron chi connectivity index (χ2n) is 5.94. The largest absolute Gasteiger partial charge is 0.337 e. The number of benzene rings is 2. The highest BCUT2D eigenvalue weighted by Gasteiger charge is 2.23. The number of carbonyl (C=O) groups is 2. The van der Waals surface area contributed by atoms with E-state index in [2.05, 4.69) is 5.32 Å². The number of para-hydroxylation sites is 1. The van der Waals surface area contributed by atoms with Crippen LogP contribution in [0.2, 0.25) is 5.02 Å². The third kappa shape index (κ3) is 4.51. The molecule has 0 spiro atoms. The number of carbonyl (C=O) groups excluding carboxylic acids is 2. The second kappa shape index (κ2) is 8.03. The van der Waals surface area contributed by atoms with Crippen molar-refractivity contribution in [1.82, 2.24) is 9.80 Å². The zero-order valence-corrected chi connectivity index (χ0v) is 14.6. The Hall–Kier alpha value is -2.53. The zero-order valence-electron chi connectivity index (χ0n) is 13.8. The van der Waals surface area contributed by atoms with Gasteiger partial charge in [0.1, 0.15) is 0 Å². The van der Waals surface area contributed by atoms with Crippen molar-refractivity contribution in [3.8, 4) is 0 Å². The predicted octanol–water partition coefficient (Wildman–Crippen LogP) is 3.72. The lowest BCUT2D eigenvalue weighted by molar-refractivity contribution is 0.0762. The minimum atomic E-state index is -0.136. The topological polar surface area (TPSA) is 52.7 Å². The van der Waals surface area contributed by atoms with E-state index in [1.807, 2.05) is 30.3 Å². The highest BCUT2D eigenvalue weighted by Crippen LogP contribution is 2.15. The number of amides is 3. The smallest absolute Gasteiger partial charge is 0.321 e. The summed E-state index contributed by atoms with van der Waals surface area (Å²) in [6.07, 6.45) is 0.745. The number of urea groups is 1. The van der Waals surface area contributed by atoms with Crippen LogP contribution >= 0.6 is 11.6 Å². The van der Waals surface area contributed by atoms with Crippen LogP contribution in [0.1, 0.15) is 16.8 Å². The van der Waals surface area contributed by atoms with E-state index < -0.39 is 0 Å². The van der Waals surface area contributed by atoms with Crippen LogP contribution in [0.25, 0.3) is 0 Å². The highest BCUT2D eigenvalue weighted by molar-refractivity contribution is 6.30. The SMILES string of the molecule is O=C(Nc1ccccc1)N1CCCN(C(=O)c2cccc(Cl)c2)CC1. The number of nitrogens with one attached hydrogen (secondary N) is 1. The van der Waals surface area contributed by atoms with Crippen molar-refractivity contribution in [2.45, 2.75) is 6.42 Å². The molecule has 6 heteroatoms. The molecule has 2 aromatic carbocycles. The van der Waals surface area contributed by atoms with E-state index in [1.165, 1.54) is 0 Å². The molecule has 5 nitrogen and oxygen atoms in total. The number of hydrogen-bond donors (Lipinski definition) is 1. The van der Waals surface area contributed by atoms with Gasteiger partial charge >= 0.3 is 6.03 Å². The average Bonchev–Trinajstić information content (AvgIpc) is 2.88. The van der Waals surface area contributed by atoms with E-state index in [0.717, 1.165) is 12.1 Å². The van der Waals surface area contributed by atoms with Crippen LogP contribution < -0.4 is 5.32 Å². The summed E-state index contributed by atoms with van der Waals surface area (Å²) in [4.78, 5) is 28.6. The summed E-state index contributed by atoms with van der Waals surface area (Å²) in [7, 11) is 0. The monoisotopic (exact) mass is 357 g/mol. The molecule has 1 aliphatic rings. The lowest BCUT2D eigenvalue weighted by atomic mass is 10.2. The Morgan fingerprint density at radius 2 is 1.60 bits per heavy atom. The minimum Gasteiger partial charge on any atom is -0.337 e. The first-order valence-electron chi connectivity index (χ1n) is 8.29. The van der Waals surface area contributed by atoms with Crippen molar-refractivity contribution in [2.75, 3.05) is 31.5 Å². The zero-order chi connectivity index (χ0) is 17.6. The van der Waals surface area contributed by atoms with E-state index >= 15 is 0 Å². The highest BCUT2D eigenvalue weighted by atomic mass is 35.5. The summed E-state index contributed by atoms with van der Waals surface area (Å²) in [5.74, 6) is -0.0483. The molecule has 3 amide bonds. The van der Waals surface area contributed by atoms with Crippen LogP contribution in [0.3, 0.4) is 0 Å². The van der Waals surface area contributed by atoms with E-state index in [1.54, 1.807) is 34.1 Å². The van der Waals surface area contributed by atoms with E-state index in [4.69, 9.17) is 11.6 Å². The van der Waals surface area contributed by atoms with Crippen LogP contribution in [-0.2, 0) is 0 Å². The summed E-state index contributed by atoms with van der Waals surface area (Å²) in [5.41, 5.74) is 1.35. The van der Waals surface area contributed by atoms with E-state index in [0.29, 0.717) is 36.8 Å². The maximum absolute atomic E-state index is 12.6. The van der Waals surface area contributed by atoms with Crippen molar-refractivity contribution in [3.05, 3.63) is 65.2 Å². The molecule has 0 bridgehead atoms. The number of anilines is 1. The van der Waals surface area contributed by atoms with Gasteiger partial charge in [-0.05, 0) is 36.8 Å². The Labute approximate surface area is 152 Å². The summed E-state index contributed by atoms with van der Waals surface area (Å²) in [6, 6.07) is 16.2. The molecular formula is C19H20ClN3O2. The first-order chi connectivity index (χ1) is 12.1. The fourth-order valence-electron chi connectivity index (χ4n) is 2.85. The van der Waals surface area contributed by atoms with Crippen molar-refractivity contribution in [3.63, 3.8) is 0 Å². The van der Waals surface area contributed by atoms with Gasteiger partial charge in [-0.2, -0.15) is 0 Å². The van der Waals surface area contributed by atoms with Crippen LogP contribution in [0.5, 0.6) is 0 Å². The Bertz CT molecular complexity index is 751. The molecule has 0 aromatic heterocycles. The summed E-state index contributed by atoms with van der Waals surface area (Å²) < 4.78 is 0. The normalized spacial score (nSPS) is 14.8. The van der Waals surface area contributed by atoms with Crippen molar-refractivity contribution < 1.29 is 9.59 Å². The number of hydrogen-bond acceptors (Lipinski definition) is 2. The molecule has 1 fully saturated rings. The van der Waals surface area contributed by atoms with Gasteiger partial charge in [-0.1, -0.05) is 35.9 Å². The number of halogens is 1. The molecule has 1 saturated heterocycles. The van der Waals surface area contributed by atoms with Crippen molar-refractivity contribution in [2.24, 2.45) is 0 Å². The standard InChI is InChI=1S/C19H20ClN3O2/c20-16-7-4-6-15(14-16)18(24)22-10-5-11-23(13-12-22)19(25)21-17-8-2-1-3-9-17/h1-4,6-9,14H,5,10-13H2,(H,21,25). The maximum Gasteiger partial charge on any atom is 0.321 e. The third-order valence-corrected chi connectivity index (χ3v) is 4.40. The molecule has 1 heterocycles. The van der Waals surface area contributed by atoms with Crippen LogP contribution in [0, 0.1) is 0 Å². The van der Waals surface area contributed by atoms with Gasteiger partial charge in [0, 0.05) is 42.5 Å². The first-order valence-corrected chi connectivity index (χ1v) is 8.67. The molecular weight excluding hydrogens is 338 g/mol. The average molecular weight is 358 g/mol. The Morgan fingerprint density at radius 1 is 0.880 bits per heavy atom. The minimum absolute atomic E-state index is 0.0483. The van der Waals surface area contributed by atoms with Gasteiger partial charge in [-0.3, -0.25) is 4.79 Å². The molecule has 3 rings (SSSR count). The molecule has 2 aromatic rings. The van der Waals surface area contributed by atoms with Gasteiger partial charge in [0.15, 0.2) is 0 Å². The molecule has 1 aliphatic heterocycles. The Morgan fingerprint density at radius 3 is 2.36 bits per heavy atom. The Kier molecular flexibility index (Phi) is 5.56. The van der Waals surface area contributed by atoms with Crippen molar-refractivity contribution >= 4 is 29.2 Å². The fourth-order valence-corrected chi connectivity index (χ4v) is 3.04. The van der Waals surface area contributed by atoms with E-state index in [9.17, 15) is 9.59 Å². The number of rotatable bonds is 2. The lowest BCUT2D eigenvalue weighted by Gasteiger charge is -2.22. The van der Waals surface area contributed by atoms with Crippen LogP contribution in [0.4, 0.5) is 10.5 Å². The Balaban J connectivity index is 1.60. The molecule has 1 N–H and O–H groups in total. The van der Waals surface area contributed by atoms with Gasteiger partial charge in [-0.15, -0.1) is 0 Å². The second-order valence-corrected chi connectivity index (χ2v) is 6.38. The van der Waals surface area contributed by atoms with Gasteiger partial charge < -0.3 is 15.1 Å². The third-order valence-electron chi connectivity index (χ3n) is 4.17. The number of nitrogens with zero attached hydrogens (tertiary/aromatic N) is 2. The molecule has 130 valence electrons. The van der Waals surface area contributed by atoms with Gasteiger partial charge in [0.2, 0.25) is 0 Å². The fraction of sp³-hybridized carbons (Fsp3) is 0.263. The van der Waals surface area contributed by atoms with Crippen LogP contribution in [0.15, 0.2) is 54.6 Å². The maximum atomic E-state index is 12.6. The van der Waals surface area contributed by atoms with Gasteiger partial charge in [0.05, 0.1) is 0 Å². The molecule has 0 radical (unpaired) electrons.